The smallest absolute Gasteiger partial charge is 0.371 e. The molecule has 0 aliphatic heterocycles. The zero-order chi connectivity index (χ0) is 14.9. The molecule has 1 atom stereocenters. The Morgan fingerprint density at radius 3 is 2.55 bits per heavy atom. The number of aromatic carboxylic acids is 1. The summed E-state index contributed by atoms with van der Waals surface area (Å²) in [5.74, 6) is -1.97. The summed E-state index contributed by atoms with van der Waals surface area (Å²) in [6, 6.07) is 2.33. The maximum absolute atomic E-state index is 12.0. The van der Waals surface area contributed by atoms with E-state index in [4.69, 9.17) is 9.52 Å². The molecule has 0 aromatic carbocycles. The molecule has 0 spiro atoms. The van der Waals surface area contributed by atoms with Gasteiger partial charge >= 0.3 is 5.97 Å². The average molecular weight is 277 g/mol. The Balaban J connectivity index is 2.10. The number of carbonyl (C=O) groups excluding carboxylic acids is 1. The van der Waals surface area contributed by atoms with Crippen molar-refractivity contribution in [3.05, 3.63) is 41.1 Å². The van der Waals surface area contributed by atoms with E-state index in [1.165, 1.54) is 12.1 Å². The lowest BCUT2D eigenvalue weighted by atomic mass is 10.1. The number of nitrogens with one attached hydrogen (secondary N) is 1. The van der Waals surface area contributed by atoms with Crippen LogP contribution in [-0.4, -0.2) is 26.8 Å². The van der Waals surface area contributed by atoms with Crippen LogP contribution < -0.4 is 5.32 Å². The van der Waals surface area contributed by atoms with Crippen molar-refractivity contribution >= 4 is 11.9 Å². The molecule has 2 aromatic heterocycles. The van der Waals surface area contributed by atoms with E-state index in [9.17, 15) is 9.59 Å². The Labute approximate surface area is 115 Å². The van der Waals surface area contributed by atoms with E-state index in [0.29, 0.717) is 0 Å². The monoisotopic (exact) mass is 277 g/mol. The second-order valence-electron chi connectivity index (χ2n) is 4.47. The van der Waals surface area contributed by atoms with Gasteiger partial charge in [0.15, 0.2) is 5.76 Å². The molecule has 2 aromatic rings. The van der Waals surface area contributed by atoms with Crippen molar-refractivity contribution in [2.24, 2.45) is 7.05 Å². The molecule has 7 nitrogen and oxygen atoms in total. The first-order valence-electron chi connectivity index (χ1n) is 6.02. The molecule has 2 N–H and O–H groups in total. The van der Waals surface area contributed by atoms with Gasteiger partial charge in [-0.2, -0.15) is 5.10 Å². The van der Waals surface area contributed by atoms with Crippen LogP contribution in [0.15, 0.2) is 22.7 Å². The fraction of sp³-hybridized carbons (Fsp3) is 0.308. The highest BCUT2D eigenvalue weighted by atomic mass is 16.4. The van der Waals surface area contributed by atoms with Gasteiger partial charge in [-0.15, -0.1) is 0 Å². The van der Waals surface area contributed by atoms with Crippen LogP contribution in [0.1, 0.15) is 45.3 Å². The Hall–Kier alpha value is -2.57. The van der Waals surface area contributed by atoms with E-state index in [1.54, 1.807) is 10.9 Å². The summed E-state index contributed by atoms with van der Waals surface area (Å²) >= 11 is 0. The molecule has 7 heteroatoms. The third-order valence-electron chi connectivity index (χ3n) is 3.13. The second-order valence-corrected chi connectivity index (χ2v) is 4.47. The van der Waals surface area contributed by atoms with E-state index < -0.39 is 11.9 Å². The molecule has 106 valence electrons. The molecule has 0 saturated carbocycles. The van der Waals surface area contributed by atoms with Crippen molar-refractivity contribution in [1.82, 2.24) is 15.1 Å². The number of amides is 1. The number of carbonyl (C=O) groups is 2. The molecule has 0 aliphatic carbocycles. The van der Waals surface area contributed by atoms with Gasteiger partial charge in [-0.25, -0.2) is 4.79 Å². The van der Waals surface area contributed by atoms with Gasteiger partial charge in [0.25, 0.3) is 5.91 Å². The summed E-state index contributed by atoms with van der Waals surface area (Å²) in [6.07, 6.45) is 1.69. The highest BCUT2D eigenvalue weighted by molar-refractivity contribution is 5.93. The molecule has 0 bridgehead atoms. The first-order chi connectivity index (χ1) is 9.40. The van der Waals surface area contributed by atoms with E-state index >= 15 is 0 Å². The Morgan fingerprint density at radius 1 is 1.40 bits per heavy atom. The summed E-state index contributed by atoms with van der Waals surface area (Å²) in [5, 5.41) is 15.6. The highest BCUT2D eigenvalue weighted by Crippen LogP contribution is 2.17. The lowest BCUT2D eigenvalue weighted by Gasteiger charge is -2.12. The first-order valence-corrected chi connectivity index (χ1v) is 6.02. The summed E-state index contributed by atoms with van der Waals surface area (Å²) < 4.78 is 6.66. The number of carboxylic acids is 1. The predicted molar refractivity (Wildman–Crippen MR) is 69.5 cm³/mol. The van der Waals surface area contributed by atoms with Gasteiger partial charge in [-0.1, -0.05) is 0 Å². The predicted octanol–water partition coefficient (Wildman–Crippen LogP) is 1.51. The van der Waals surface area contributed by atoms with Crippen LogP contribution in [-0.2, 0) is 7.05 Å². The average Bonchev–Trinajstić information content (AvgIpc) is 2.98. The van der Waals surface area contributed by atoms with E-state index in [1.807, 2.05) is 20.9 Å². The number of hydrogen-bond acceptors (Lipinski definition) is 4. The van der Waals surface area contributed by atoms with Gasteiger partial charge in [0.1, 0.15) is 0 Å². The fourth-order valence-corrected chi connectivity index (χ4v) is 1.86. The number of aromatic nitrogens is 2. The first kappa shape index (κ1) is 13.9. The van der Waals surface area contributed by atoms with Crippen LogP contribution in [0.25, 0.3) is 0 Å². The standard InChI is InChI=1S/C13H15N3O4/c1-7(9-6-14-16(3)8(9)2)15-12(17)10-4-5-11(20-10)13(18)19/h4-7H,1-3H3,(H,15,17)(H,18,19). The van der Waals surface area contributed by atoms with Crippen molar-refractivity contribution in [2.45, 2.75) is 19.9 Å². The number of furan rings is 1. The van der Waals surface area contributed by atoms with Crippen molar-refractivity contribution in [3.63, 3.8) is 0 Å². The van der Waals surface area contributed by atoms with Gasteiger partial charge in [-0.3, -0.25) is 9.48 Å². The van der Waals surface area contributed by atoms with Crippen molar-refractivity contribution in [1.29, 1.82) is 0 Å². The SMILES string of the molecule is Cc1c(C(C)NC(=O)c2ccc(C(=O)O)o2)cnn1C. The molecule has 0 saturated heterocycles. The van der Waals surface area contributed by atoms with E-state index in [-0.39, 0.29) is 17.6 Å². The highest BCUT2D eigenvalue weighted by Gasteiger charge is 2.19. The minimum Gasteiger partial charge on any atom is -0.475 e. The number of hydrogen-bond donors (Lipinski definition) is 2. The van der Waals surface area contributed by atoms with E-state index in [2.05, 4.69) is 10.4 Å². The molecular weight excluding hydrogens is 262 g/mol. The Bertz CT molecular complexity index is 656. The van der Waals surface area contributed by atoms with Gasteiger partial charge in [0, 0.05) is 18.3 Å². The molecular formula is C13H15N3O4. The minimum atomic E-state index is -1.21. The van der Waals surface area contributed by atoms with Crippen LogP contribution >= 0.6 is 0 Å². The Morgan fingerprint density at radius 2 is 2.05 bits per heavy atom. The zero-order valence-electron chi connectivity index (χ0n) is 11.4. The summed E-state index contributed by atoms with van der Waals surface area (Å²) in [4.78, 5) is 22.6. The molecule has 2 rings (SSSR count). The number of rotatable bonds is 4. The van der Waals surface area contributed by atoms with Crippen LogP contribution in [0.4, 0.5) is 0 Å². The van der Waals surface area contributed by atoms with Gasteiger partial charge < -0.3 is 14.8 Å². The molecule has 20 heavy (non-hydrogen) atoms. The minimum absolute atomic E-state index is 0.0317. The number of nitrogens with zero attached hydrogens (tertiary/aromatic N) is 2. The fourth-order valence-electron chi connectivity index (χ4n) is 1.86. The van der Waals surface area contributed by atoms with E-state index in [0.717, 1.165) is 11.3 Å². The zero-order valence-corrected chi connectivity index (χ0v) is 11.4. The maximum Gasteiger partial charge on any atom is 0.371 e. The Kier molecular flexibility index (Phi) is 3.60. The number of carboxylic acid groups (broad SMARTS) is 1. The van der Waals surface area contributed by atoms with Crippen LogP contribution in [0.2, 0.25) is 0 Å². The number of aryl methyl sites for hydroxylation is 1. The lowest BCUT2D eigenvalue weighted by molar-refractivity contribution is 0.0659. The normalized spacial score (nSPS) is 12.2. The summed E-state index contributed by atoms with van der Waals surface area (Å²) in [6.45, 7) is 3.73. The maximum atomic E-state index is 12.0. The van der Waals surface area contributed by atoms with Gasteiger partial charge in [-0.05, 0) is 26.0 Å². The van der Waals surface area contributed by atoms with Crippen LogP contribution in [0, 0.1) is 6.92 Å². The van der Waals surface area contributed by atoms with Crippen LogP contribution in [0.5, 0.6) is 0 Å². The van der Waals surface area contributed by atoms with Crippen LogP contribution in [0.3, 0.4) is 0 Å². The van der Waals surface area contributed by atoms with Gasteiger partial charge in [0.2, 0.25) is 5.76 Å². The quantitative estimate of drug-likeness (QED) is 0.882. The molecule has 1 amide bonds. The van der Waals surface area contributed by atoms with Crippen molar-refractivity contribution in [3.8, 4) is 0 Å². The topological polar surface area (TPSA) is 97.4 Å². The molecule has 0 aliphatic rings. The molecule has 1 unspecified atom stereocenters. The van der Waals surface area contributed by atoms with Crippen molar-refractivity contribution in [2.75, 3.05) is 0 Å². The third-order valence-corrected chi connectivity index (χ3v) is 3.13. The van der Waals surface area contributed by atoms with Crippen molar-refractivity contribution < 1.29 is 19.1 Å². The van der Waals surface area contributed by atoms with Gasteiger partial charge in [0.05, 0.1) is 12.2 Å². The third kappa shape index (κ3) is 2.56. The molecule has 0 radical (unpaired) electrons. The molecule has 0 fully saturated rings. The largest absolute Gasteiger partial charge is 0.475 e. The summed E-state index contributed by atoms with van der Waals surface area (Å²) in [5.41, 5.74) is 1.84. The summed E-state index contributed by atoms with van der Waals surface area (Å²) in [7, 11) is 1.82. The molecule has 2 heterocycles. The second kappa shape index (κ2) is 5.20. The lowest BCUT2D eigenvalue weighted by Crippen LogP contribution is -2.26.